The molecule has 1 saturated heterocycles. The summed E-state index contributed by atoms with van der Waals surface area (Å²) in [5.74, 6) is 1.31. The van der Waals surface area contributed by atoms with Crippen molar-refractivity contribution in [1.29, 1.82) is 0 Å². The molecule has 8 nitrogen and oxygen atoms in total. The van der Waals surface area contributed by atoms with E-state index in [2.05, 4.69) is 20.8 Å². The van der Waals surface area contributed by atoms with Crippen molar-refractivity contribution < 1.29 is 19.1 Å². The molecule has 2 aliphatic heterocycles. The Morgan fingerprint density at radius 3 is 2.51 bits per heavy atom. The molecule has 0 spiro atoms. The molecule has 0 radical (unpaired) electrons. The van der Waals surface area contributed by atoms with Gasteiger partial charge in [0, 0.05) is 29.1 Å². The summed E-state index contributed by atoms with van der Waals surface area (Å²) in [6.07, 6.45) is 0. The highest BCUT2D eigenvalue weighted by molar-refractivity contribution is 8.00. The van der Waals surface area contributed by atoms with Crippen LogP contribution in [0.2, 0.25) is 5.02 Å². The van der Waals surface area contributed by atoms with Crippen LogP contribution in [0.15, 0.2) is 48.5 Å². The van der Waals surface area contributed by atoms with E-state index in [1.807, 2.05) is 53.2 Å². The summed E-state index contributed by atoms with van der Waals surface area (Å²) in [5.41, 5.74) is 3.21. The molecule has 2 amide bonds. The average molecular weight is 569 g/mol. The van der Waals surface area contributed by atoms with E-state index in [0.717, 1.165) is 28.3 Å². The van der Waals surface area contributed by atoms with Crippen LogP contribution >= 0.6 is 23.4 Å². The maximum absolute atomic E-state index is 13.8. The monoisotopic (exact) mass is 568 g/mol. The summed E-state index contributed by atoms with van der Waals surface area (Å²) in [6.45, 7) is 8.29. The smallest absolute Gasteiger partial charge is 0.242 e. The zero-order chi connectivity index (χ0) is 27.7. The minimum Gasteiger partial charge on any atom is -0.497 e. The minimum atomic E-state index is -0.341. The first-order valence-electron chi connectivity index (χ1n) is 13.0. The Morgan fingerprint density at radius 1 is 1.15 bits per heavy atom. The molecule has 39 heavy (non-hydrogen) atoms. The van der Waals surface area contributed by atoms with Gasteiger partial charge in [-0.1, -0.05) is 44.5 Å². The molecule has 206 valence electrons. The Balaban J connectivity index is 1.72. The Bertz CT molecular complexity index is 1360. The van der Waals surface area contributed by atoms with Crippen molar-refractivity contribution in [1.82, 2.24) is 14.7 Å². The largest absolute Gasteiger partial charge is 0.497 e. The Labute approximate surface area is 238 Å². The molecule has 2 aromatic carbocycles. The van der Waals surface area contributed by atoms with Crippen molar-refractivity contribution in [2.24, 2.45) is 0 Å². The van der Waals surface area contributed by atoms with Gasteiger partial charge in [0.25, 0.3) is 0 Å². The van der Waals surface area contributed by atoms with E-state index >= 15 is 0 Å². The molecule has 0 bridgehead atoms. The van der Waals surface area contributed by atoms with Crippen molar-refractivity contribution in [2.45, 2.75) is 31.4 Å². The number of thioether (sulfide) groups is 1. The van der Waals surface area contributed by atoms with E-state index < -0.39 is 0 Å². The highest BCUT2D eigenvalue weighted by Crippen LogP contribution is 2.48. The number of morpholine rings is 1. The Morgan fingerprint density at radius 2 is 1.87 bits per heavy atom. The average Bonchev–Trinajstić information content (AvgIpc) is 3.27. The molecule has 1 fully saturated rings. The molecule has 0 unspecified atom stereocenters. The zero-order valence-corrected chi connectivity index (χ0v) is 24.2. The summed E-state index contributed by atoms with van der Waals surface area (Å²) in [5, 5.41) is 5.55. The summed E-state index contributed by atoms with van der Waals surface area (Å²) in [6, 6.07) is 15.3. The number of rotatable bonds is 5. The van der Waals surface area contributed by atoms with Crippen LogP contribution < -0.4 is 9.64 Å². The lowest BCUT2D eigenvalue weighted by Gasteiger charge is -2.30. The number of aromatic nitrogens is 2. The Kier molecular flexibility index (Phi) is 7.94. The van der Waals surface area contributed by atoms with Crippen LogP contribution in [0, 0.1) is 0 Å². The van der Waals surface area contributed by atoms with Crippen LogP contribution in [0.5, 0.6) is 5.75 Å². The number of ether oxygens (including phenoxy) is 2. The quantitative estimate of drug-likeness (QED) is 0.437. The number of anilines is 1. The lowest BCUT2D eigenvalue weighted by atomic mass is 9.87. The maximum Gasteiger partial charge on any atom is 0.242 e. The molecule has 2 aliphatic rings. The number of hydrogen-bond donors (Lipinski definition) is 0. The lowest BCUT2D eigenvalue weighted by Crippen LogP contribution is -2.48. The van der Waals surface area contributed by atoms with Crippen molar-refractivity contribution in [3.05, 3.63) is 70.4 Å². The van der Waals surface area contributed by atoms with Gasteiger partial charge in [-0.05, 0) is 42.0 Å². The summed E-state index contributed by atoms with van der Waals surface area (Å²) >= 11 is 7.96. The fraction of sp³-hybridized carbons (Fsp3) is 0.414. The van der Waals surface area contributed by atoms with Gasteiger partial charge in [0.05, 0.1) is 42.7 Å². The number of nitrogens with zero attached hydrogens (tertiary/aromatic N) is 4. The van der Waals surface area contributed by atoms with Gasteiger partial charge in [0.1, 0.15) is 18.1 Å². The molecule has 10 heteroatoms. The van der Waals surface area contributed by atoms with Gasteiger partial charge in [-0.15, -0.1) is 11.8 Å². The van der Waals surface area contributed by atoms with Crippen molar-refractivity contribution in [2.75, 3.05) is 50.6 Å². The predicted octanol–water partition coefficient (Wildman–Crippen LogP) is 4.86. The minimum absolute atomic E-state index is 0.0694. The molecule has 3 aromatic rings. The number of carbonyl (C=O) groups excluding carboxylic acids is 2. The Hall–Kier alpha value is -3.01. The topological polar surface area (TPSA) is 76.9 Å². The number of amides is 2. The highest BCUT2D eigenvalue weighted by Gasteiger charge is 2.40. The number of benzene rings is 2. The summed E-state index contributed by atoms with van der Waals surface area (Å²) in [7, 11) is 1.62. The van der Waals surface area contributed by atoms with Gasteiger partial charge in [0.15, 0.2) is 0 Å². The van der Waals surface area contributed by atoms with Gasteiger partial charge in [-0.2, -0.15) is 5.10 Å². The zero-order valence-electron chi connectivity index (χ0n) is 22.6. The van der Waals surface area contributed by atoms with E-state index in [-0.39, 0.29) is 34.8 Å². The second kappa shape index (κ2) is 11.2. The summed E-state index contributed by atoms with van der Waals surface area (Å²) < 4.78 is 12.6. The molecular formula is C29H33ClN4O4S. The van der Waals surface area contributed by atoms with Crippen LogP contribution in [-0.4, -0.2) is 72.2 Å². The number of methoxy groups -OCH3 is 1. The molecule has 1 aromatic heterocycles. The highest BCUT2D eigenvalue weighted by atomic mass is 35.5. The third-order valence-electron chi connectivity index (χ3n) is 6.93. The van der Waals surface area contributed by atoms with Crippen LogP contribution in [0.3, 0.4) is 0 Å². The van der Waals surface area contributed by atoms with E-state index in [1.54, 1.807) is 16.9 Å². The van der Waals surface area contributed by atoms with Crippen LogP contribution in [0.4, 0.5) is 5.82 Å². The van der Waals surface area contributed by atoms with Gasteiger partial charge in [-0.25, -0.2) is 4.68 Å². The lowest BCUT2D eigenvalue weighted by molar-refractivity contribution is -0.134. The van der Waals surface area contributed by atoms with Crippen molar-refractivity contribution >= 4 is 41.0 Å². The number of hydrogen-bond acceptors (Lipinski definition) is 6. The number of halogens is 1. The standard InChI is InChI=1S/C29H33ClN4O4S/c1-29(2,3)27-25-26(19-6-5-7-20(30)16-19)39-18-24(36)33(17-23(35)32-12-14-38-15-13-32)28(25)34(31-27)21-8-10-22(37-4)11-9-21/h5-11,16,26H,12-15,17-18H2,1-4H3/t26-/m1/s1. The third kappa shape index (κ3) is 5.66. The molecule has 5 rings (SSSR count). The normalized spacial score (nSPS) is 18.1. The molecule has 0 aliphatic carbocycles. The van der Waals surface area contributed by atoms with Crippen molar-refractivity contribution in [3.8, 4) is 11.4 Å². The predicted molar refractivity (Wildman–Crippen MR) is 154 cm³/mol. The van der Waals surface area contributed by atoms with E-state index in [0.29, 0.717) is 37.1 Å². The van der Waals surface area contributed by atoms with Gasteiger partial charge in [-0.3, -0.25) is 14.5 Å². The first kappa shape index (κ1) is 27.6. The first-order chi connectivity index (χ1) is 18.7. The van der Waals surface area contributed by atoms with Crippen LogP contribution in [-0.2, 0) is 19.7 Å². The van der Waals surface area contributed by atoms with E-state index in [9.17, 15) is 9.59 Å². The fourth-order valence-electron chi connectivity index (χ4n) is 4.96. The molecule has 0 N–H and O–H groups in total. The second-order valence-corrected chi connectivity index (χ2v) is 12.2. The van der Waals surface area contributed by atoms with Crippen LogP contribution in [0.25, 0.3) is 5.69 Å². The van der Waals surface area contributed by atoms with Gasteiger partial charge >= 0.3 is 0 Å². The first-order valence-corrected chi connectivity index (χ1v) is 14.4. The molecule has 0 saturated carbocycles. The van der Waals surface area contributed by atoms with Crippen molar-refractivity contribution in [3.63, 3.8) is 0 Å². The summed E-state index contributed by atoms with van der Waals surface area (Å²) in [4.78, 5) is 30.7. The number of carbonyl (C=O) groups is 2. The fourth-order valence-corrected chi connectivity index (χ4v) is 6.34. The number of fused-ring (bicyclic) bond motifs is 1. The van der Waals surface area contributed by atoms with E-state index in [4.69, 9.17) is 26.2 Å². The molecule has 1 atom stereocenters. The van der Waals surface area contributed by atoms with E-state index in [1.165, 1.54) is 11.8 Å². The molecular weight excluding hydrogens is 536 g/mol. The van der Waals surface area contributed by atoms with Crippen LogP contribution in [0.1, 0.15) is 42.8 Å². The maximum atomic E-state index is 13.8. The SMILES string of the molecule is COc1ccc(-n2nc(C(C)(C)C)c3c2N(CC(=O)N2CCOCC2)C(=O)CS[C@@H]3c2cccc(Cl)c2)cc1. The third-order valence-corrected chi connectivity index (χ3v) is 8.41. The van der Waals surface area contributed by atoms with Gasteiger partial charge in [0.2, 0.25) is 11.8 Å². The van der Waals surface area contributed by atoms with Gasteiger partial charge < -0.3 is 14.4 Å². The second-order valence-electron chi connectivity index (χ2n) is 10.7. The molecule has 3 heterocycles.